The van der Waals surface area contributed by atoms with Gasteiger partial charge in [0.15, 0.2) is 0 Å². The zero-order chi connectivity index (χ0) is 19.8. The molecule has 0 amide bonds. The van der Waals surface area contributed by atoms with Crippen molar-refractivity contribution in [3.05, 3.63) is 127 Å². The summed E-state index contributed by atoms with van der Waals surface area (Å²) in [5.41, 5.74) is 0. The molecule has 0 saturated heterocycles. The van der Waals surface area contributed by atoms with Crippen LogP contribution in [0.15, 0.2) is 103 Å². The molecule has 29 heavy (non-hydrogen) atoms. The molecule has 0 spiro atoms. The summed E-state index contributed by atoms with van der Waals surface area (Å²) in [6, 6.07) is 35.5. The van der Waals surface area contributed by atoms with Crippen molar-refractivity contribution in [2.75, 3.05) is 0 Å². The van der Waals surface area contributed by atoms with Crippen LogP contribution in [0, 0.1) is 23.5 Å². The summed E-state index contributed by atoms with van der Waals surface area (Å²) in [6.07, 6.45) is 0. The second-order valence-electron chi connectivity index (χ2n) is 5.84. The van der Waals surface area contributed by atoms with Crippen LogP contribution in [-0.4, -0.2) is 14.7 Å². The molecule has 0 nitrogen and oxygen atoms in total. The van der Waals surface area contributed by atoms with E-state index in [0.717, 1.165) is 0 Å². The molecule has 0 aliphatic rings. The van der Waals surface area contributed by atoms with Gasteiger partial charge in [-0.25, -0.2) is 13.2 Å². The second-order valence-corrected chi connectivity index (χ2v) is 10.5. The van der Waals surface area contributed by atoms with E-state index in [1.54, 1.807) is 6.07 Å². The summed E-state index contributed by atoms with van der Waals surface area (Å²) >= 11 is -1.39. The van der Waals surface area contributed by atoms with E-state index in [2.05, 4.69) is 91.0 Å². The Labute approximate surface area is 189 Å². The third-order valence-electron chi connectivity index (χ3n) is 3.81. The number of hydrogen-bond donors (Lipinski definition) is 0. The van der Waals surface area contributed by atoms with Crippen molar-refractivity contribution in [3.63, 3.8) is 0 Å². The Bertz CT molecular complexity index is 852. The first-order valence-corrected chi connectivity index (χ1v) is 11.4. The summed E-state index contributed by atoms with van der Waals surface area (Å²) < 4.78 is 40.2. The van der Waals surface area contributed by atoms with E-state index < -0.39 is 32.1 Å². The van der Waals surface area contributed by atoms with E-state index in [1.165, 1.54) is 13.1 Å². The van der Waals surface area contributed by atoms with Crippen LogP contribution in [0.1, 0.15) is 0 Å². The molecule has 0 aliphatic carbocycles. The molecule has 4 aromatic rings. The summed E-state index contributed by atoms with van der Waals surface area (Å²) in [5.74, 6) is -2.97. The SMILES string of the molecule is Fc1[c-]c(F)cc(F)c1.[Au+].c1ccc([As](c2ccccc2)c2ccccc2)cc1. The van der Waals surface area contributed by atoms with Gasteiger partial charge in [-0.05, 0) is 0 Å². The van der Waals surface area contributed by atoms with E-state index in [9.17, 15) is 13.2 Å². The van der Waals surface area contributed by atoms with Gasteiger partial charge in [0.05, 0.1) is 0 Å². The van der Waals surface area contributed by atoms with Crippen molar-refractivity contribution in [3.8, 4) is 0 Å². The summed E-state index contributed by atoms with van der Waals surface area (Å²) in [4.78, 5) is 0. The van der Waals surface area contributed by atoms with Crippen LogP contribution in [0.3, 0.4) is 0 Å². The fourth-order valence-electron chi connectivity index (χ4n) is 2.65. The third kappa shape index (κ3) is 7.06. The van der Waals surface area contributed by atoms with E-state index in [-0.39, 0.29) is 22.4 Å². The predicted octanol–water partition coefficient (Wildman–Crippen LogP) is 4.10. The Morgan fingerprint density at radius 1 is 0.517 bits per heavy atom. The molecule has 150 valence electrons. The molecule has 0 radical (unpaired) electrons. The molecular weight excluding hydrogens is 617 g/mol. The Balaban J connectivity index is 0.000000255. The van der Waals surface area contributed by atoms with Gasteiger partial charge in [-0.2, -0.15) is 0 Å². The molecule has 0 atom stereocenters. The number of benzene rings is 4. The van der Waals surface area contributed by atoms with Crippen LogP contribution in [0.25, 0.3) is 0 Å². The van der Waals surface area contributed by atoms with Gasteiger partial charge in [0, 0.05) is 17.5 Å². The maximum absolute atomic E-state index is 11.9. The average Bonchev–Trinajstić information content (AvgIpc) is 2.70. The normalized spacial score (nSPS) is 9.93. The molecule has 0 heterocycles. The van der Waals surface area contributed by atoms with E-state index in [0.29, 0.717) is 12.1 Å². The molecule has 0 unspecified atom stereocenters. The van der Waals surface area contributed by atoms with Crippen molar-refractivity contribution in [1.82, 2.24) is 0 Å². The van der Waals surface area contributed by atoms with Crippen LogP contribution in [0.2, 0.25) is 0 Å². The van der Waals surface area contributed by atoms with Crippen LogP contribution >= 0.6 is 0 Å². The van der Waals surface area contributed by atoms with Crippen molar-refractivity contribution in [2.45, 2.75) is 0 Å². The summed E-state index contributed by atoms with van der Waals surface area (Å²) in [5, 5.41) is 0. The molecule has 0 bridgehead atoms. The molecule has 5 heteroatoms. The maximum atomic E-state index is 11.9. The van der Waals surface area contributed by atoms with Gasteiger partial charge in [-0.3, -0.25) is 0 Å². The topological polar surface area (TPSA) is 0 Å². The number of rotatable bonds is 3. The summed E-state index contributed by atoms with van der Waals surface area (Å²) in [6.45, 7) is 0. The van der Waals surface area contributed by atoms with Crippen LogP contribution in [0.5, 0.6) is 0 Å². The fourth-order valence-corrected chi connectivity index (χ4v) is 7.49. The minimum absolute atomic E-state index is 0. The fraction of sp³-hybridized carbons (Fsp3) is 0. The molecule has 0 fully saturated rings. The summed E-state index contributed by atoms with van der Waals surface area (Å²) in [7, 11) is 0. The van der Waals surface area contributed by atoms with E-state index in [4.69, 9.17) is 0 Å². The first-order chi connectivity index (χ1) is 13.6. The zero-order valence-corrected chi connectivity index (χ0v) is 19.2. The monoisotopic (exact) mass is 634 g/mol. The van der Waals surface area contributed by atoms with Gasteiger partial charge in [0.25, 0.3) is 0 Å². The third-order valence-corrected chi connectivity index (χ3v) is 8.94. The number of hydrogen-bond acceptors (Lipinski definition) is 0. The quantitative estimate of drug-likeness (QED) is 0.236. The van der Waals surface area contributed by atoms with Gasteiger partial charge in [0.2, 0.25) is 0 Å². The van der Waals surface area contributed by atoms with Crippen molar-refractivity contribution < 1.29 is 35.6 Å². The average molecular weight is 634 g/mol. The van der Waals surface area contributed by atoms with E-state index in [1.807, 2.05) is 0 Å². The van der Waals surface area contributed by atoms with Crippen LogP contribution < -0.4 is 13.1 Å². The second kappa shape index (κ2) is 11.8. The Morgan fingerprint density at radius 2 is 0.828 bits per heavy atom. The molecule has 0 aliphatic heterocycles. The van der Waals surface area contributed by atoms with Crippen LogP contribution in [-0.2, 0) is 22.4 Å². The van der Waals surface area contributed by atoms with Gasteiger partial charge in [0.1, 0.15) is 0 Å². The Kier molecular flexibility index (Phi) is 9.50. The predicted molar refractivity (Wildman–Crippen MR) is 109 cm³/mol. The number of halogens is 3. The van der Waals surface area contributed by atoms with Gasteiger partial charge < -0.3 is 0 Å². The molecule has 0 saturated carbocycles. The van der Waals surface area contributed by atoms with E-state index >= 15 is 0 Å². The first-order valence-electron chi connectivity index (χ1n) is 8.62. The van der Waals surface area contributed by atoms with Crippen LogP contribution in [0.4, 0.5) is 13.2 Å². The zero-order valence-electron chi connectivity index (χ0n) is 15.2. The molecule has 0 N–H and O–H groups in total. The standard InChI is InChI=1S/C18H15As.C6H2F3.Au/c1-4-10-16(11-5-1)19(17-12-6-2-7-13-17)18-14-8-3-9-15-18;7-4-1-5(8)3-6(9)2-4;/h1-15H;1-2H;/q;-1;+1. The Hall–Kier alpha value is -2.03. The van der Waals surface area contributed by atoms with Crippen molar-refractivity contribution in [2.24, 2.45) is 0 Å². The van der Waals surface area contributed by atoms with Gasteiger partial charge >= 0.3 is 141 Å². The molecule has 0 aromatic heterocycles. The first kappa shape index (κ1) is 23.2. The minimum atomic E-state index is -1.39. The van der Waals surface area contributed by atoms with Crippen molar-refractivity contribution >= 4 is 27.7 Å². The van der Waals surface area contributed by atoms with Gasteiger partial charge in [-0.1, -0.05) is 0 Å². The van der Waals surface area contributed by atoms with Gasteiger partial charge in [-0.15, -0.1) is 18.2 Å². The van der Waals surface area contributed by atoms with Crippen molar-refractivity contribution in [1.29, 1.82) is 0 Å². The molecule has 4 rings (SSSR count). The molecular formula is C24H17AsAuF3. The Morgan fingerprint density at radius 3 is 1.10 bits per heavy atom. The molecule has 4 aromatic carbocycles.